The summed E-state index contributed by atoms with van der Waals surface area (Å²) >= 11 is 3.40. The SMILES string of the molecule is O=C(c1csc(I)c1)N(CC(F)(F)F)C1CC1. The van der Waals surface area contributed by atoms with Crippen LogP contribution in [-0.4, -0.2) is 29.6 Å². The van der Waals surface area contributed by atoms with Crippen LogP contribution in [0, 0.1) is 2.88 Å². The molecule has 1 aliphatic rings. The van der Waals surface area contributed by atoms with Crippen molar-refractivity contribution in [1.82, 2.24) is 4.90 Å². The first-order valence-corrected chi connectivity index (χ1v) is 6.94. The van der Waals surface area contributed by atoms with Gasteiger partial charge < -0.3 is 4.90 Å². The zero-order valence-corrected chi connectivity index (χ0v) is 11.6. The second kappa shape index (κ2) is 4.75. The summed E-state index contributed by atoms with van der Waals surface area (Å²) in [6.07, 6.45) is -2.99. The molecule has 1 fully saturated rings. The number of hydrogen-bond donors (Lipinski definition) is 0. The van der Waals surface area contributed by atoms with Crippen molar-refractivity contribution in [2.24, 2.45) is 0 Å². The van der Waals surface area contributed by atoms with E-state index in [-0.39, 0.29) is 6.04 Å². The highest BCUT2D eigenvalue weighted by molar-refractivity contribution is 14.1. The van der Waals surface area contributed by atoms with Gasteiger partial charge in [-0.05, 0) is 41.5 Å². The molecule has 17 heavy (non-hydrogen) atoms. The number of alkyl halides is 3. The van der Waals surface area contributed by atoms with Gasteiger partial charge in [-0.2, -0.15) is 13.2 Å². The monoisotopic (exact) mass is 375 g/mol. The molecule has 0 aliphatic heterocycles. The van der Waals surface area contributed by atoms with E-state index < -0.39 is 18.6 Å². The Morgan fingerprint density at radius 1 is 1.53 bits per heavy atom. The molecule has 0 N–H and O–H groups in total. The van der Waals surface area contributed by atoms with Crippen LogP contribution in [0.2, 0.25) is 0 Å². The fourth-order valence-electron chi connectivity index (χ4n) is 1.53. The van der Waals surface area contributed by atoms with Crippen molar-refractivity contribution in [3.8, 4) is 0 Å². The number of halogens is 4. The van der Waals surface area contributed by atoms with Gasteiger partial charge in [0.15, 0.2) is 0 Å². The van der Waals surface area contributed by atoms with E-state index >= 15 is 0 Å². The summed E-state index contributed by atoms with van der Waals surface area (Å²) in [5, 5.41) is 1.61. The Morgan fingerprint density at radius 3 is 2.59 bits per heavy atom. The highest BCUT2D eigenvalue weighted by atomic mass is 127. The predicted octanol–water partition coefficient (Wildman–Crippen LogP) is 3.52. The summed E-state index contributed by atoms with van der Waals surface area (Å²) < 4.78 is 38.0. The van der Waals surface area contributed by atoms with Crippen molar-refractivity contribution in [1.29, 1.82) is 0 Å². The molecule has 1 aromatic rings. The van der Waals surface area contributed by atoms with Gasteiger partial charge in [0.2, 0.25) is 0 Å². The second-order valence-electron chi connectivity index (χ2n) is 3.92. The fraction of sp³-hybridized carbons (Fsp3) is 0.500. The van der Waals surface area contributed by atoms with Crippen molar-refractivity contribution < 1.29 is 18.0 Å². The van der Waals surface area contributed by atoms with Gasteiger partial charge in [0.05, 0.1) is 8.45 Å². The van der Waals surface area contributed by atoms with Gasteiger partial charge in [0, 0.05) is 11.4 Å². The molecular formula is C10H9F3INOS. The Bertz CT molecular complexity index is 427. The maximum Gasteiger partial charge on any atom is 0.406 e. The van der Waals surface area contributed by atoms with Gasteiger partial charge in [-0.3, -0.25) is 4.79 Å². The molecular weight excluding hydrogens is 366 g/mol. The molecule has 94 valence electrons. The Hall–Kier alpha value is -0.310. The molecule has 1 amide bonds. The highest BCUT2D eigenvalue weighted by Gasteiger charge is 2.40. The zero-order chi connectivity index (χ0) is 12.6. The predicted molar refractivity (Wildman–Crippen MR) is 67.1 cm³/mol. The normalized spacial score (nSPS) is 16.0. The topological polar surface area (TPSA) is 20.3 Å². The number of carbonyl (C=O) groups is 1. The fourth-order valence-corrected chi connectivity index (χ4v) is 2.85. The summed E-state index contributed by atoms with van der Waals surface area (Å²) in [5.41, 5.74) is 0.357. The van der Waals surface area contributed by atoms with Crippen LogP contribution in [-0.2, 0) is 0 Å². The Balaban J connectivity index is 2.13. The lowest BCUT2D eigenvalue weighted by molar-refractivity contribution is -0.141. The lowest BCUT2D eigenvalue weighted by Gasteiger charge is -2.23. The third kappa shape index (κ3) is 3.57. The van der Waals surface area contributed by atoms with Gasteiger partial charge in [-0.15, -0.1) is 11.3 Å². The van der Waals surface area contributed by atoms with Crippen molar-refractivity contribution >= 4 is 39.8 Å². The maximum atomic E-state index is 12.4. The van der Waals surface area contributed by atoms with Gasteiger partial charge in [0.1, 0.15) is 6.54 Å². The Labute approximate surface area is 114 Å². The summed E-state index contributed by atoms with van der Waals surface area (Å²) in [4.78, 5) is 12.9. The highest BCUT2D eigenvalue weighted by Crippen LogP contribution is 2.32. The van der Waals surface area contributed by atoms with Crippen molar-refractivity contribution in [3.63, 3.8) is 0 Å². The summed E-state index contributed by atoms with van der Waals surface area (Å²) in [6.45, 7) is -1.15. The van der Waals surface area contributed by atoms with Gasteiger partial charge in [-0.25, -0.2) is 0 Å². The van der Waals surface area contributed by atoms with Crippen LogP contribution in [0.1, 0.15) is 23.2 Å². The van der Waals surface area contributed by atoms with E-state index in [1.54, 1.807) is 11.4 Å². The molecule has 1 saturated carbocycles. The average molecular weight is 375 g/mol. The maximum absolute atomic E-state index is 12.4. The summed E-state index contributed by atoms with van der Waals surface area (Å²) in [7, 11) is 0. The summed E-state index contributed by atoms with van der Waals surface area (Å²) in [5.74, 6) is -0.510. The van der Waals surface area contributed by atoms with Crippen LogP contribution in [0.5, 0.6) is 0 Å². The van der Waals surface area contributed by atoms with Crippen LogP contribution in [0.25, 0.3) is 0 Å². The first-order chi connectivity index (χ1) is 7.87. The number of nitrogens with zero attached hydrogens (tertiary/aromatic N) is 1. The molecule has 0 aromatic carbocycles. The minimum absolute atomic E-state index is 0.235. The van der Waals surface area contributed by atoms with Crippen LogP contribution in [0.3, 0.4) is 0 Å². The number of carbonyl (C=O) groups excluding carboxylic acids is 1. The van der Waals surface area contributed by atoms with E-state index in [0.717, 1.165) is 7.78 Å². The van der Waals surface area contributed by atoms with Crippen LogP contribution in [0.15, 0.2) is 11.4 Å². The molecule has 1 aromatic heterocycles. The number of thiophene rings is 1. The van der Waals surface area contributed by atoms with E-state index in [1.807, 2.05) is 22.6 Å². The minimum atomic E-state index is -4.33. The molecule has 0 unspecified atom stereocenters. The second-order valence-corrected chi connectivity index (χ2v) is 6.72. The van der Waals surface area contributed by atoms with Crippen LogP contribution >= 0.6 is 33.9 Å². The Morgan fingerprint density at radius 2 is 2.18 bits per heavy atom. The molecule has 7 heteroatoms. The molecule has 0 saturated heterocycles. The average Bonchev–Trinajstić information content (AvgIpc) is 2.96. The van der Waals surface area contributed by atoms with Gasteiger partial charge in [-0.1, -0.05) is 0 Å². The smallest absolute Gasteiger partial charge is 0.327 e. The molecule has 2 nitrogen and oxygen atoms in total. The first kappa shape index (κ1) is 13.1. The zero-order valence-electron chi connectivity index (χ0n) is 8.63. The molecule has 0 radical (unpaired) electrons. The number of hydrogen-bond acceptors (Lipinski definition) is 2. The van der Waals surface area contributed by atoms with Crippen molar-refractivity contribution in [3.05, 3.63) is 19.9 Å². The van der Waals surface area contributed by atoms with Gasteiger partial charge >= 0.3 is 6.18 Å². The van der Waals surface area contributed by atoms with Crippen LogP contribution in [0.4, 0.5) is 13.2 Å². The van der Waals surface area contributed by atoms with Crippen LogP contribution < -0.4 is 0 Å². The van der Waals surface area contributed by atoms with Crippen molar-refractivity contribution in [2.75, 3.05) is 6.54 Å². The molecule has 0 atom stereocenters. The van der Waals surface area contributed by atoms with Crippen molar-refractivity contribution in [2.45, 2.75) is 25.1 Å². The molecule has 2 rings (SSSR count). The third-order valence-electron chi connectivity index (χ3n) is 2.41. The lowest BCUT2D eigenvalue weighted by Crippen LogP contribution is -2.40. The van der Waals surface area contributed by atoms with Gasteiger partial charge in [0.25, 0.3) is 5.91 Å². The largest absolute Gasteiger partial charge is 0.406 e. The standard InChI is InChI=1S/C10H9F3INOS/c11-10(12,13)5-15(7-1-2-7)9(16)6-3-8(14)17-4-6/h3-4,7H,1-2,5H2. The number of rotatable bonds is 3. The molecule has 1 aliphatic carbocycles. The minimum Gasteiger partial charge on any atom is -0.327 e. The number of amides is 1. The quantitative estimate of drug-likeness (QED) is 0.741. The lowest BCUT2D eigenvalue weighted by atomic mass is 10.3. The summed E-state index contributed by atoms with van der Waals surface area (Å²) in [6, 6.07) is 1.39. The molecule has 0 spiro atoms. The van der Waals surface area contributed by atoms with E-state index in [0.29, 0.717) is 18.4 Å². The Kier molecular flexibility index (Phi) is 3.67. The van der Waals surface area contributed by atoms with E-state index in [9.17, 15) is 18.0 Å². The molecule has 1 heterocycles. The van der Waals surface area contributed by atoms with E-state index in [4.69, 9.17) is 0 Å². The third-order valence-corrected chi connectivity index (χ3v) is 4.20. The first-order valence-electron chi connectivity index (χ1n) is 4.98. The van der Waals surface area contributed by atoms with E-state index in [1.165, 1.54) is 11.3 Å². The molecule has 0 bridgehead atoms. The van der Waals surface area contributed by atoms with E-state index in [2.05, 4.69) is 0 Å².